The van der Waals surface area contributed by atoms with Crippen molar-refractivity contribution in [3.63, 3.8) is 0 Å². The van der Waals surface area contributed by atoms with E-state index in [0.717, 1.165) is 6.07 Å². The lowest BCUT2D eigenvalue weighted by Gasteiger charge is -2.05. The molecule has 0 radical (unpaired) electrons. The summed E-state index contributed by atoms with van der Waals surface area (Å²) >= 11 is 1.44. The van der Waals surface area contributed by atoms with E-state index >= 15 is 0 Å². The number of hydrogen-bond acceptors (Lipinski definition) is 1. The van der Waals surface area contributed by atoms with Crippen LogP contribution in [0.5, 0.6) is 0 Å². The molecule has 0 saturated heterocycles. The number of halogens is 2. The second-order valence-corrected chi connectivity index (χ2v) is 4.09. The van der Waals surface area contributed by atoms with Gasteiger partial charge in [0.15, 0.2) is 11.6 Å². The van der Waals surface area contributed by atoms with Crippen molar-refractivity contribution in [2.45, 2.75) is 17.1 Å². The highest BCUT2D eigenvalue weighted by molar-refractivity contribution is 8.00. The maximum absolute atomic E-state index is 12.7. The van der Waals surface area contributed by atoms with Crippen molar-refractivity contribution in [1.29, 1.82) is 0 Å². The highest BCUT2D eigenvalue weighted by atomic mass is 32.2. The Morgan fingerprint density at radius 3 is 2.62 bits per heavy atom. The number of thioether (sulfide) groups is 1. The Morgan fingerprint density at radius 1 is 1.38 bits per heavy atom. The molecule has 13 heavy (non-hydrogen) atoms. The molecule has 0 amide bonds. The van der Waals surface area contributed by atoms with Gasteiger partial charge >= 0.3 is 0 Å². The fourth-order valence-corrected chi connectivity index (χ4v) is 1.66. The van der Waals surface area contributed by atoms with Crippen molar-refractivity contribution in [3.05, 3.63) is 42.5 Å². The first kappa shape index (κ1) is 10.3. The van der Waals surface area contributed by atoms with Crippen molar-refractivity contribution in [2.75, 3.05) is 0 Å². The van der Waals surface area contributed by atoms with Crippen molar-refractivity contribution < 1.29 is 8.78 Å². The molecule has 0 aromatic heterocycles. The molecule has 0 aliphatic heterocycles. The summed E-state index contributed by atoms with van der Waals surface area (Å²) in [5.41, 5.74) is 0. The van der Waals surface area contributed by atoms with Gasteiger partial charge in [0.25, 0.3) is 0 Å². The van der Waals surface area contributed by atoms with Crippen molar-refractivity contribution in [3.8, 4) is 0 Å². The predicted octanol–water partition coefficient (Wildman–Crippen LogP) is 3.63. The third-order valence-corrected chi connectivity index (χ3v) is 2.64. The first-order valence-corrected chi connectivity index (χ1v) is 4.75. The van der Waals surface area contributed by atoms with Gasteiger partial charge in [0, 0.05) is 10.1 Å². The molecule has 0 spiro atoms. The van der Waals surface area contributed by atoms with E-state index in [4.69, 9.17) is 0 Å². The van der Waals surface area contributed by atoms with Gasteiger partial charge in [-0.25, -0.2) is 8.78 Å². The molecule has 0 aliphatic carbocycles. The second-order valence-electron chi connectivity index (χ2n) is 2.63. The van der Waals surface area contributed by atoms with Gasteiger partial charge in [0.05, 0.1) is 0 Å². The average molecular weight is 200 g/mol. The largest absolute Gasteiger partial charge is 0.204 e. The van der Waals surface area contributed by atoms with Gasteiger partial charge in [-0.3, -0.25) is 0 Å². The lowest BCUT2D eigenvalue weighted by molar-refractivity contribution is 0.506. The van der Waals surface area contributed by atoms with E-state index in [-0.39, 0.29) is 5.25 Å². The van der Waals surface area contributed by atoms with Crippen LogP contribution < -0.4 is 0 Å². The topological polar surface area (TPSA) is 0 Å². The molecule has 0 bridgehead atoms. The van der Waals surface area contributed by atoms with Crippen LogP contribution in [0.4, 0.5) is 8.78 Å². The maximum Gasteiger partial charge on any atom is 0.159 e. The second kappa shape index (κ2) is 4.42. The van der Waals surface area contributed by atoms with E-state index in [1.807, 2.05) is 6.92 Å². The third-order valence-electron chi connectivity index (χ3n) is 1.54. The Morgan fingerprint density at radius 2 is 2.08 bits per heavy atom. The van der Waals surface area contributed by atoms with Crippen LogP contribution in [0.3, 0.4) is 0 Å². The van der Waals surface area contributed by atoms with Crippen LogP contribution >= 0.6 is 11.8 Å². The molecule has 1 rings (SSSR count). The summed E-state index contributed by atoms with van der Waals surface area (Å²) in [4.78, 5) is 0.714. The van der Waals surface area contributed by atoms with Crippen LogP contribution in [-0.2, 0) is 0 Å². The van der Waals surface area contributed by atoms with Crippen LogP contribution in [0.1, 0.15) is 6.92 Å². The molecule has 1 atom stereocenters. The Hall–Kier alpha value is -0.830. The quantitative estimate of drug-likeness (QED) is 0.530. The Balaban J connectivity index is 2.79. The van der Waals surface area contributed by atoms with Crippen LogP contribution in [-0.4, -0.2) is 5.25 Å². The third kappa shape index (κ3) is 2.84. The SMILES string of the molecule is C=CC(C)Sc1ccc(F)c(F)c1. The summed E-state index contributed by atoms with van der Waals surface area (Å²) in [5, 5.41) is 0.199. The van der Waals surface area contributed by atoms with E-state index < -0.39 is 11.6 Å². The van der Waals surface area contributed by atoms with Gasteiger partial charge in [-0.1, -0.05) is 6.08 Å². The van der Waals surface area contributed by atoms with Crippen LogP contribution in [0, 0.1) is 11.6 Å². The number of hydrogen-bond donors (Lipinski definition) is 0. The molecule has 0 aliphatic rings. The standard InChI is InChI=1S/C10H10F2S/c1-3-7(2)13-8-4-5-9(11)10(12)6-8/h3-7H,1H2,2H3. The normalized spacial score (nSPS) is 12.5. The van der Waals surface area contributed by atoms with E-state index in [0.29, 0.717) is 4.90 Å². The minimum absolute atomic E-state index is 0.199. The fraction of sp³-hybridized carbons (Fsp3) is 0.200. The van der Waals surface area contributed by atoms with Gasteiger partial charge in [0.2, 0.25) is 0 Å². The van der Waals surface area contributed by atoms with Crippen molar-refractivity contribution >= 4 is 11.8 Å². The molecule has 0 N–H and O–H groups in total. The molecule has 1 aromatic rings. The molecule has 1 unspecified atom stereocenters. The van der Waals surface area contributed by atoms with Crippen LogP contribution in [0.15, 0.2) is 35.7 Å². The summed E-state index contributed by atoms with van der Waals surface area (Å²) in [6.45, 7) is 5.55. The first-order chi connectivity index (χ1) is 6.13. The average Bonchev–Trinajstić information content (AvgIpc) is 2.11. The number of rotatable bonds is 3. The smallest absolute Gasteiger partial charge is 0.159 e. The molecular weight excluding hydrogens is 190 g/mol. The lowest BCUT2D eigenvalue weighted by atomic mass is 10.3. The fourth-order valence-electron chi connectivity index (χ4n) is 0.813. The van der Waals surface area contributed by atoms with Crippen molar-refractivity contribution in [2.24, 2.45) is 0 Å². The first-order valence-electron chi connectivity index (χ1n) is 3.87. The zero-order valence-corrected chi connectivity index (χ0v) is 8.07. The monoisotopic (exact) mass is 200 g/mol. The lowest BCUT2D eigenvalue weighted by Crippen LogP contribution is -1.90. The van der Waals surface area contributed by atoms with E-state index in [2.05, 4.69) is 6.58 Å². The summed E-state index contributed by atoms with van der Waals surface area (Å²) in [7, 11) is 0. The van der Waals surface area contributed by atoms with E-state index in [9.17, 15) is 8.78 Å². The molecule has 1 aromatic carbocycles. The van der Waals surface area contributed by atoms with Crippen molar-refractivity contribution in [1.82, 2.24) is 0 Å². The summed E-state index contributed by atoms with van der Waals surface area (Å²) < 4.78 is 25.2. The zero-order valence-electron chi connectivity index (χ0n) is 7.26. The maximum atomic E-state index is 12.7. The van der Waals surface area contributed by atoms with Crippen LogP contribution in [0.2, 0.25) is 0 Å². The Labute approximate surface area is 80.7 Å². The molecule has 0 fully saturated rings. The molecule has 3 heteroatoms. The highest BCUT2D eigenvalue weighted by Crippen LogP contribution is 2.24. The van der Waals surface area contributed by atoms with Gasteiger partial charge in [0.1, 0.15) is 0 Å². The van der Waals surface area contributed by atoms with Gasteiger partial charge in [-0.15, -0.1) is 18.3 Å². The van der Waals surface area contributed by atoms with Gasteiger partial charge < -0.3 is 0 Å². The summed E-state index contributed by atoms with van der Waals surface area (Å²) in [6, 6.07) is 3.89. The Bertz CT molecular complexity index is 310. The van der Waals surface area contributed by atoms with E-state index in [1.165, 1.54) is 17.8 Å². The minimum Gasteiger partial charge on any atom is -0.204 e. The van der Waals surface area contributed by atoms with E-state index in [1.54, 1.807) is 12.1 Å². The minimum atomic E-state index is -0.810. The molecule has 0 nitrogen and oxygen atoms in total. The zero-order chi connectivity index (χ0) is 9.84. The van der Waals surface area contributed by atoms with Crippen LogP contribution in [0.25, 0.3) is 0 Å². The highest BCUT2D eigenvalue weighted by Gasteiger charge is 2.04. The summed E-state index contributed by atoms with van der Waals surface area (Å²) in [5.74, 6) is -1.61. The molecular formula is C10H10F2S. The van der Waals surface area contributed by atoms with Gasteiger partial charge in [-0.05, 0) is 25.1 Å². The molecule has 0 heterocycles. The Kier molecular flexibility index (Phi) is 3.48. The predicted molar refractivity (Wildman–Crippen MR) is 51.9 cm³/mol. The number of benzene rings is 1. The van der Waals surface area contributed by atoms with Gasteiger partial charge in [-0.2, -0.15) is 0 Å². The molecule has 0 saturated carbocycles. The summed E-state index contributed by atoms with van der Waals surface area (Å²) in [6.07, 6.45) is 1.76. The molecule has 70 valence electrons.